The first kappa shape index (κ1) is 20.9. The molecule has 0 spiro atoms. The average Bonchev–Trinajstić information content (AvgIpc) is 2.49. The van der Waals surface area contributed by atoms with Crippen LogP contribution >= 0.6 is 0 Å². The lowest BCUT2D eigenvalue weighted by Crippen LogP contribution is -2.48. The first-order chi connectivity index (χ1) is 10.1. The van der Waals surface area contributed by atoms with Gasteiger partial charge in [-0.05, 0) is 20.8 Å². The van der Waals surface area contributed by atoms with Crippen molar-refractivity contribution >= 4 is 8.80 Å². The summed E-state index contributed by atoms with van der Waals surface area (Å²) in [6, 6.07) is 0.489. The minimum atomic E-state index is -2.83. The van der Waals surface area contributed by atoms with Crippen LogP contribution in [0.4, 0.5) is 0 Å². The van der Waals surface area contributed by atoms with Crippen LogP contribution < -0.4 is 0 Å². The smallest absolute Gasteiger partial charge is 0.377 e. The number of hydrogen-bond acceptors (Lipinski definition) is 7. The lowest BCUT2D eigenvalue weighted by molar-refractivity contribution is -0.378. The molecule has 0 aromatic carbocycles. The molecular weight excluding hydrogens is 296 g/mol. The van der Waals surface area contributed by atoms with Crippen LogP contribution in [0.2, 0.25) is 6.04 Å². The maximum atomic E-state index is 5.68. The zero-order valence-electron chi connectivity index (χ0n) is 14.1. The van der Waals surface area contributed by atoms with Gasteiger partial charge in [-0.2, -0.15) is 0 Å². The van der Waals surface area contributed by atoms with Gasteiger partial charge in [0.1, 0.15) is 6.79 Å². The number of methoxy groups -OCH3 is 1. The SMILES string of the molecule is CCOC(CC[Si](OC)(OC)OCOC)(OCC)OCC. The van der Waals surface area contributed by atoms with Crippen molar-refractivity contribution in [2.24, 2.45) is 0 Å². The van der Waals surface area contributed by atoms with Crippen molar-refractivity contribution in [3.05, 3.63) is 0 Å². The van der Waals surface area contributed by atoms with Crippen LogP contribution in [0.3, 0.4) is 0 Å². The highest BCUT2D eigenvalue weighted by Gasteiger charge is 2.44. The quantitative estimate of drug-likeness (QED) is 0.357. The minimum Gasteiger partial charge on any atom is -0.377 e. The summed E-state index contributed by atoms with van der Waals surface area (Å²) < 4.78 is 38.5. The Morgan fingerprint density at radius 1 is 0.810 bits per heavy atom. The summed E-state index contributed by atoms with van der Waals surface area (Å²) >= 11 is 0. The monoisotopic (exact) mass is 326 g/mol. The predicted octanol–water partition coefficient (Wildman–Crippen LogP) is 1.99. The van der Waals surface area contributed by atoms with Gasteiger partial charge in [-0.15, -0.1) is 0 Å². The van der Waals surface area contributed by atoms with Crippen molar-refractivity contribution in [3.63, 3.8) is 0 Å². The Balaban J connectivity index is 4.86. The maximum Gasteiger partial charge on any atom is 0.502 e. The van der Waals surface area contributed by atoms with Gasteiger partial charge in [0.25, 0.3) is 5.97 Å². The van der Waals surface area contributed by atoms with Gasteiger partial charge in [-0.25, -0.2) is 0 Å². The predicted molar refractivity (Wildman–Crippen MR) is 79.8 cm³/mol. The van der Waals surface area contributed by atoms with E-state index >= 15 is 0 Å². The molecule has 128 valence electrons. The second-order valence-corrected chi connectivity index (χ2v) is 7.10. The molecule has 0 aromatic heterocycles. The molecule has 0 heterocycles. The van der Waals surface area contributed by atoms with Crippen molar-refractivity contribution in [2.75, 3.05) is 47.9 Å². The molecule has 0 N–H and O–H groups in total. The van der Waals surface area contributed by atoms with Crippen molar-refractivity contribution in [1.29, 1.82) is 0 Å². The number of rotatable bonds is 14. The van der Waals surface area contributed by atoms with E-state index in [1.807, 2.05) is 20.8 Å². The zero-order chi connectivity index (χ0) is 16.2. The van der Waals surface area contributed by atoms with E-state index < -0.39 is 14.8 Å². The van der Waals surface area contributed by atoms with Crippen LogP contribution in [0.5, 0.6) is 0 Å². The van der Waals surface area contributed by atoms with E-state index in [0.29, 0.717) is 32.3 Å². The lowest BCUT2D eigenvalue weighted by Gasteiger charge is -2.34. The van der Waals surface area contributed by atoms with Gasteiger partial charge in [0.05, 0.1) is 0 Å². The number of ether oxygens (including phenoxy) is 4. The van der Waals surface area contributed by atoms with Gasteiger partial charge < -0.3 is 32.2 Å². The molecule has 0 amide bonds. The lowest BCUT2D eigenvalue weighted by atomic mass is 10.4. The first-order valence-electron chi connectivity index (χ1n) is 7.22. The third kappa shape index (κ3) is 7.16. The van der Waals surface area contributed by atoms with Crippen LogP contribution in [0.1, 0.15) is 27.2 Å². The second-order valence-electron chi connectivity index (χ2n) is 4.12. The van der Waals surface area contributed by atoms with Crippen molar-refractivity contribution < 1.29 is 32.2 Å². The summed E-state index contributed by atoms with van der Waals surface area (Å²) in [6.45, 7) is 7.23. The Hall–Kier alpha value is -0.0631. The van der Waals surface area contributed by atoms with Gasteiger partial charge in [-0.1, -0.05) is 0 Å². The molecule has 0 rings (SSSR count). The molecule has 21 heavy (non-hydrogen) atoms. The van der Waals surface area contributed by atoms with Crippen LogP contribution in [-0.4, -0.2) is 62.7 Å². The van der Waals surface area contributed by atoms with Crippen LogP contribution in [0.15, 0.2) is 0 Å². The fraction of sp³-hybridized carbons (Fsp3) is 1.00. The highest BCUT2D eigenvalue weighted by atomic mass is 28.4. The Bertz CT molecular complexity index is 232. The molecule has 0 bridgehead atoms. The van der Waals surface area contributed by atoms with Crippen molar-refractivity contribution in [1.82, 2.24) is 0 Å². The molecule has 8 heteroatoms. The first-order valence-corrected chi connectivity index (χ1v) is 9.15. The van der Waals surface area contributed by atoms with Crippen molar-refractivity contribution in [3.8, 4) is 0 Å². The third-order valence-electron chi connectivity index (χ3n) is 2.85. The van der Waals surface area contributed by atoms with E-state index in [1.54, 1.807) is 21.3 Å². The summed E-state index contributed by atoms with van der Waals surface area (Å²) in [5.74, 6) is -1.09. The molecule has 0 radical (unpaired) electrons. The summed E-state index contributed by atoms with van der Waals surface area (Å²) in [5.41, 5.74) is 0. The van der Waals surface area contributed by atoms with E-state index in [9.17, 15) is 0 Å². The van der Waals surface area contributed by atoms with Gasteiger partial charge in [-0.3, -0.25) is 0 Å². The Labute approximate surface area is 129 Å². The van der Waals surface area contributed by atoms with Crippen molar-refractivity contribution in [2.45, 2.75) is 39.2 Å². The molecule has 0 saturated heterocycles. The van der Waals surface area contributed by atoms with E-state index in [-0.39, 0.29) is 6.79 Å². The van der Waals surface area contributed by atoms with E-state index in [4.69, 9.17) is 32.2 Å². The molecule has 0 aliphatic carbocycles. The highest BCUT2D eigenvalue weighted by molar-refractivity contribution is 6.60. The fourth-order valence-electron chi connectivity index (χ4n) is 1.93. The molecule has 0 atom stereocenters. The van der Waals surface area contributed by atoms with E-state index in [2.05, 4.69) is 0 Å². The second kappa shape index (κ2) is 11.5. The summed E-state index contributed by atoms with van der Waals surface area (Å²) in [4.78, 5) is 0. The zero-order valence-corrected chi connectivity index (χ0v) is 15.1. The van der Waals surface area contributed by atoms with E-state index in [0.717, 1.165) is 0 Å². The number of hydrogen-bond donors (Lipinski definition) is 0. The minimum absolute atomic E-state index is 0.110. The maximum absolute atomic E-state index is 5.68. The van der Waals surface area contributed by atoms with E-state index in [1.165, 1.54) is 0 Å². The average molecular weight is 326 g/mol. The fourth-order valence-corrected chi connectivity index (χ4v) is 3.80. The summed E-state index contributed by atoms with van der Waals surface area (Å²) in [6.07, 6.45) is 0.445. The molecule has 0 unspecified atom stereocenters. The van der Waals surface area contributed by atoms with Crippen LogP contribution in [0.25, 0.3) is 0 Å². The molecule has 0 aromatic rings. The third-order valence-corrected chi connectivity index (χ3v) is 5.51. The normalized spacial score (nSPS) is 12.9. The van der Waals surface area contributed by atoms with Gasteiger partial charge in [0, 0.05) is 53.6 Å². The topological polar surface area (TPSA) is 64.6 Å². The van der Waals surface area contributed by atoms with Gasteiger partial charge in [0.2, 0.25) is 0 Å². The summed E-state index contributed by atoms with van der Waals surface area (Å²) in [7, 11) is 1.85. The molecule has 0 aliphatic rings. The summed E-state index contributed by atoms with van der Waals surface area (Å²) in [5, 5.41) is 0. The van der Waals surface area contributed by atoms with Crippen LogP contribution in [-0.2, 0) is 32.2 Å². The molecule has 0 aliphatic heterocycles. The van der Waals surface area contributed by atoms with Gasteiger partial charge in [0.15, 0.2) is 0 Å². The molecular formula is C13H30O7Si. The van der Waals surface area contributed by atoms with Gasteiger partial charge >= 0.3 is 8.80 Å². The Kier molecular flexibility index (Phi) is 11.5. The highest BCUT2D eigenvalue weighted by Crippen LogP contribution is 2.27. The largest absolute Gasteiger partial charge is 0.502 e. The standard InChI is InChI=1S/C13H30O7Si/c1-7-17-13(18-8-2,19-9-3)10-11-21(15-5,16-6)20-12-14-4/h7-12H2,1-6H3. The Morgan fingerprint density at radius 3 is 1.62 bits per heavy atom. The van der Waals surface area contributed by atoms with Crippen LogP contribution in [0, 0.1) is 0 Å². The Morgan fingerprint density at radius 2 is 1.29 bits per heavy atom. The molecule has 0 fully saturated rings. The molecule has 0 saturated carbocycles. The molecule has 7 nitrogen and oxygen atoms in total.